The van der Waals surface area contributed by atoms with Crippen molar-refractivity contribution in [3.05, 3.63) is 35.9 Å². The quantitative estimate of drug-likeness (QED) is 0.809. The van der Waals surface area contributed by atoms with Gasteiger partial charge >= 0.3 is 11.9 Å². The Morgan fingerprint density at radius 1 is 1.24 bits per heavy atom. The first kappa shape index (κ1) is 17.9. The van der Waals surface area contributed by atoms with Crippen molar-refractivity contribution in [3.8, 4) is 0 Å². The van der Waals surface area contributed by atoms with E-state index in [1.165, 1.54) is 0 Å². The van der Waals surface area contributed by atoms with Crippen molar-refractivity contribution in [1.82, 2.24) is 10.2 Å². The number of carbonyl (C=O) groups is 2. The number of carboxylic acids is 1. The van der Waals surface area contributed by atoms with E-state index in [0.717, 1.165) is 5.56 Å². The largest absolute Gasteiger partial charge is 0.480 e. The number of nitrogens with zero attached hydrogens (tertiary/aromatic N) is 1. The highest BCUT2D eigenvalue weighted by Crippen LogP contribution is 2.34. The number of carboxylic acid groups (broad SMARTS) is 1. The van der Waals surface area contributed by atoms with Crippen LogP contribution in [0.25, 0.3) is 0 Å². The van der Waals surface area contributed by atoms with Crippen LogP contribution in [-0.2, 0) is 20.9 Å². The van der Waals surface area contributed by atoms with Crippen molar-refractivity contribution in [2.45, 2.75) is 69.9 Å². The van der Waals surface area contributed by atoms with E-state index in [1.54, 1.807) is 0 Å². The summed E-state index contributed by atoms with van der Waals surface area (Å²) in [5.41, 5.74) is 0.555. The maximum atomic E-state index is 12.4. The Kier molecular flexibility index (Phi) is 4.84. The summed E-state index contributed by atoms with van der Waals surface area (Å²) in [6, 6.07) is 8.98. The summed E-state index contributed by atoms with van der Waals surface area (Å²) >= 11 is 0. The molecular weight excluding hydrogens is 320 g/mol. The van der Waals surface area contributed by atoms with Gasteiger partial charge in [-0.3, -0.25) is 19.8 Å². The average molecular weight is 346 g/mol. The van der Waals surface area contributed by atoms with E-state index in [4.69, 9.17) is 4.74 Å². The minimum absolute atomic E-state index is 0.00216. The number of aliphatic carboxylic acids is 1. The van der Waals surface area contributed by atoms with Crippen LogP contribution in [0.4, 0.5) is 0 Å². The van der Waals surface area contributed by atoms with Gasteiger partial charge in [-0.15, -0.1) is 0 Å². The molecule has 2 fully saturated rings. The molecule has 2 N–H and O–H groups in total. The van der Waals surface area contributed by atoms with Crippen LogP contribution < -0.4 is 5.32 Å². The number of likely N-dealkylation sites (tertiary alicyclic amines) is 1. The first-order valence-corrected chi connectivity index (χ1v) is 8.76. The molecule has 1 aromatic rings. The van der Waals surface area contributed by atoms with Crippen molar-refractivity contribution < 1.29 is 19.4 Å². The molecular formula is C19H26N2O4. The van der Waals surface area contributed by atoms with Crippen molar-refractivity contribution >= 4 is 11.9 Å². The molecule has 2 aliphatic rings. The van der Waals surface area contributed by atoms with E-state index in [0.29, 0.717) is 19.4 Å². The molecule has 4 unspecified atom stereocenters. The molecule has 25 heavy (non-hydrogen) atoms. The van der Waals surface area contributed by atoms with Gasteiger partial charge in [0.15, 0.2) is 0 Å². The summed E-state index contributed by atoms with van der Waals surface area (Å²) in [5, 5.41) is 12.9. The molecule has 0 spiro atoms. The SMILES string of the molecule is CC(C)(C)OC(=O)C1CC2C(CC(C(=O)O)N2Cc2ccccc2)N1. The molecule has 0 aromatic heterocycles. The molecule has 1 aromatic carbocycles. The Hall–Kier alpha value is -1.92. The van der Waals surface area contributed by atoms with Crippen LogP contribution in [0, 0.1) is 0 Å². The highest BCUT2D eigenvalue weighted by atomic mass is 16.6. The normalized spacial score (nSPS) is 29.4. The second-order valence-electron chi connectivity index (χ2n) is 7.91. The number of rotatable bonds is 4. The molecule has 2 saturated heterocycles. The molecule has 0 bridgehead atoms. The Labute approximate surface area is 148 Å². The Morgan fingerprint density at radius 2 is 1.92 bits per heavy atom. The van der Waals surface area contributed by atoms with Crippen LogP contribution in [0.15, 0.2) is 30.3 Å². The topological polar surface area (TPSA) is 78.9 Å². The van der Waals surface area contributed by atoms with E-state index in [2.05, 4.69) is 5.32 Å². The first-order valence-electron chi connectivity index (χ1n) is 8.76. The number of carbonyl (C=O) groups excluding carboxylic acids is 1. The molecule has 6 nitrogen and oxygen atoms in total. The third-order valence-corrected chi connectivity index (χ3v) is 4.84. The van der Waals surface area contributed by atoms with Gasteiger partial charge in [-0.25, -0.2) is 0 Å². The highest BCUT2D eigenvalue weighted by Gasteiger charge is 2.51. The number of ether oxygens (including phenoxy) is 1. The van der Waals surface area contributed by atoms with Gasteiger partial charge in [0, 0.05) is 18.6 Å². The van der Waals surface area contributed by atoms with E-state index in [1.807, 2.05) is 56.0 Å². The molecule has 2 heterocycles. The monoisotopic (exact) mass is 346 g/mol. The van der Waals surface area contributed by atoms with Gasteiger partial charge in [-0.05, 0) is 39.2 Å². The summed E-state index contributed by atoms with van der Waals surface area (Å²) in [6.07, 6.45) is 1.09. The van der Waals surface area contributed by atoms with Gasteiger partial charge in [0.2, 0.25) is 0 Å². The number of fused-ring (bicyclic) bond motifs is 1. The van der Waals surface area contributed by atoms with Gasteiger partial charge in [-0.2, -0.15) is 0 Å². The predicted octanol–water partition coefficient (Wildman–Crippen LogP) is 1.79. The standard InChI is InChI=1S/C19H26N2O4/c1-19(2,3)25-18(24)14-10-15-13(20-14)9-16(17(22)23)21(15)11-12-7-5-4-6-8-12/h4-8,13-16,20H,9-11H2,1-3H3,(H,22,23). The third-order valence-electron chi connectivity index (χ3n) is 4.84. The van der Waals surface area contributed by atoms with Crippen LogP contribution in [0.2, 0.25) is 0 Å². The fourth-order valence-corrected chi connectivity index (χ4v) is 3.84. The van der Waals surface area contributed by atoms with Crippen molar-refractivity contribution in [1.29, 1.82) is 0 Å². The number of benzene rings is 1. The lowest BCUT2D eigenvalue weighted by Gasteiger charge is -2.28. The van der Waals surface area contributed by atoms with Crippen LogP contribution in [0.3, 0.4) is 0 Å². The Morgan fingerprint density at radius 3 is 2.52 bits per heavy atom. The van der Waals surface area contributed by atoms with Gasteiger partial charge in [0.1, 0.15) is 17.7 Å². The minimum Gasteiger partial charge on any atom is -0.480 e. The van der Waals surface area contributed by atoms with Gasteiger partial charge in [0.05, 0.1) is 0 Å². The lowest BCUT2D eigenvalue weighted by Crippen LogP contribution is -2.42. The van der Waals surface area contributed by atoms with Crippen LogP contribution in [0.1, 0.15) is 39.2 Å². The number of hydrogen-bond donors (Lipinski definition) is 2. The van der Waals surface area contributed by atoms with Crippen LogP contribution >= 0.6 is 0 Å². The summed E-state index contributed by atoms with van der Waals surface area (Å²) in [4.78, 5) is 26.0. The fourth-order valence-electron chi connectivity index (χ4n) is 3.84. The van der Waals surface area contributed by atoms with Crippen LogP contribution in [-0.4, -0.2) is 51.7 Å². The lowest BCUT2D eigenvalue weighted by atomic mass is 10.1. The zero-order valence-corrected chi connectivity index (χ0v) is 14.9. The zero-order valence-electron chi connectivity index (χ0n) is 14.9. The number of nitrogens with one attached hydrogen (secondary N) is 1. The second kappa shape index (κ2) is 6.77. The van der Waals surface area contributed by atoms with Crippen molar-refractivity contribution in [2.75, 3.05) is 0 Å². The molecule has 3 rings (SSSR count). The molecule has 0 amide bonds. The van der Waals surface area contributed by atoms with Crippen LogP contribution in [0.5, 0.6) is 0 Å². The predicted molar refractivity (Wildman–Crippen MR) is 93.0 cm³/mol. The van der Waals surface area contributed by atoms with E-state index in [9.17, 15) is 14.7 Å². The maximum Gasteiger partial charge on any atom is 0.323 e. The molecule has 4 atom stereocenters. The minimum atomic E-state index is -0.805. The van der Waals surface area contributed by atoms with E-state index < -0.39 is 17.6 Å². The van der Waals surface area contributed by atoms with Gasteiger partial charge in [-0.1, -0.05) is 30.3 Å². The Balaban J connectivity index is 1.73. The zero-order chi connectivity index (χ0) is 18.2. The number of esters is 1. The van der Waals surface area contributed by atoms with Crippen molar-refractivity contribution in [2.24, 2.45) is 0 Å². The third kappa shape index (κ3) is 4.02. The molecule has 2 aliphatic heterocycles. The first-order chi connectivity index (χ1) is 11.7. The summed E-state index contributed by atoms with van der Waals surface area (Å²) in [5.74, 6) is -1.06. The highest BCUT2D eigenvalue weighted by molar-refractivity contribution is 5.78. The second-order valence-corrected chi connectivity index (χ2v) is 7.91. The summed E-state index contributed by atoms with van der Waals surface area (Å²) in [7, 11) is 0. The molecule has 0 aliphatic carbocycles. The van der Waals surface area contributed by atoms with E-state index >= 15 is 0 Å². The summed E-state index contributed by atoms with van der Waals surface area (Å²) < 4.78 is 5.48. The summed E-state index contributed by atoms with van der Waals surface area (Å²) in [6.45, 7) is 6.12. The Bertz CT molecular complexity index is 641. The molecule has 6 heteroatoms. The fraction of sp³-hybridized carbons (Fsp3) is 0.579. The molecule has 136 valence electrons. The number of hydrogen-bond acceptors (Lipinski definition) is 5. The van der Waals surface area contributed by atoms with Gasteiger partial charge < -0.3 is 9.84 Å². The van der Waals surface area contributed by atoms with Crippen molar-refractivity contribution in [3.63, 3.8) is 0 Å². The maximum absolute atomic E-state index is 12.4. The molecule has 0 saturated carbocycles. The van der Waals surface area contributed by atoms with Gasteiger partial charge in [0.25, 0.3) is 0 Å². The average Bonchev–Trinajstić information content (AvgIpc) is 3.06. The molecule has 0 radical (unpaired) electrons. The van der Waals surface area contributed by atoms with E-state index in [-0.39, 0.29) is 24.1 Å². The smallest absolute Gasteiger partial charge is 0.323 e. The lowest BCUT2D eigenvalue weighted by molar-refractivity contribution is -0.157.